The van der Waals surface area contributed by atoms with Crippen LogP contribution in [0.4, 0.5) is 5.69 Å². The van der Waals surface area contributed by atoms with Crippen molar-refractivity contribution in [2.24, 2.45) is 10.7 Å². The number of benzene rings is 2. The lowest BCUT2D eigenvalue weighted by atomic mass is 10.2. The fourth-order valence-corrected chi connectivity index (χ4v) is 2.31. The van der Waals surface area contributed by atoms with Crippen molar-refractivity contribution < 1.29 is 23.8 Å². The number of carbonyl (C=O) groups is 1. The van der Waals surface area contributed by atoms with Gasteiger partial charge in [-0.05, 0) is 34.2 Å². The van der Waals surface area contributed by atoms with Gasteiger partial charge in [-0.3, -0.25) is 14.3 Å². The van der Waals surface area contributed by atoms with E-state index in [1.807, 2.05) is 0 Å². The lowest BCUT2D eigenvalue weighted by Crippen LogP contribution is -2.44. The standard InChI is InChI=1S/C17H14N4O5/c1-25-11-8-6-10(7-9-11)21-14(17(24)26-20-21)16(23)19-13-5-3-2-4-12(13)15(18)22/h2-9H,1H3,(H3-,18,19,20,22,23,24). The number of nitrogens with zero attached hydrogens (tertiary/aromatic N) is 2. The Morgan fingerprint density at radius 2 is 1.92 bits per heavy atom. The number of aromatic nitrogens is 2. The molecular formula is C17H14N4O5. The van der Waals surface area contributed by atoms with Gasteiger partial charge < -0.3 is 15.6 Å². The zero-order valence-corrected chi connectivity index (χ0v) is 13.6. The summed E-state index contributed by atoms with van der Waals surface area (Å²) < 4.78 is 10.9. The number of hydrogen-bond acceptors (Lipinski definition) is 6. The van der Waals surface area contributed by atoms with Crippen LogP contribution in [0.5, 0.6) is 5.75 Å². The maximum Gasteiger partial charge on any atom is 0.436 e. The average Bonchev–Trinajstić information content (AvgIpc) is 3.03. The molecule has 9 heteroatoms. The molecular weight excluding hydrogens is 340 g/mol. The van der Waals surface area contributed by atoms with E-state index in [2.05, 4.69) is 10.3 Å². The van der Waals surface area contributed by atoms with Crippen LogP contribution in [0.3, 0.4) is 0 Å². The van der Waals surface area contributed by atoms with Crippen molar-refractivity contribution in [3.05, 3.63) is 70.2 Å². The Labute approximate surface area is 146 Å². The average molecular weight is 354 g/mol. The third-order valence-corrected chi connectivity index (χ3v) is 3.57. The number of aliphatic imine (C=N–C) groups is 1. The molecule has 0 saturated heterocycles. The van der Waals surface area contributed by atoms with Crippen LogP contribution in [0.25, 0.3) is 5.69 Å². The predicted octanol–water partition coefficient (Wildman–Crippen LogP) is -0.209. The lowest BCUT2D eigenvalue weighted by molar-refractivity contribution is -0.673. The first-order valence-corrected chi connectivity index (χ1v) is 7.44. The van der Waals surface area contributed by atoms with Gasteiger partial charge in [-0.25, -0.2) is 4.79 Å². The summed E-state index contributed by atoms with van der Waals surface area (Å²) in [6, 6.07) is 12.6. The van der Waals surface area contributed by atoms with Crippen molar-refractivity contribution in [1.29, 1.82) is 0 Å². The van der Waals surface area contributed by atoms with Crippen LogP contribution in [-0.2, 0) is 0 Å². The summed E-state index contributed by atoms with van der Waals surface area (Å²) in [5.41, 5.74) is 4.61. The van der Waals surface area contributed by atoms with Crippen LogP contribution in [0.15, 0.2) is 62.8 Å². The highest BCUT2D eigenvalue weighted by Gasteiger charge is 2.24. The van der Waals surface area contributed by atoms with Crippen molar-refractivity contribution in [1.82, 2.24) is 5.27 Å². The topological polar surface area (TPSA) is 138 Å². The minimum Gasteiger partial charge on any atom is -0.854 e. The Kier molecular flexibility index (Phi) is 4.52. The number of rotatable bonds is 5. The first kappa shape index (κ1) is 17.0. The van der Waals surface area contributed by atoms with Crippen LogP contribution in [0.1, 0.15) is 16.1 Å². The molecule has 0 spiro atoms. The number of amides is 1. The van der Waals surface area contributed by atoms with Gasteiger partial charge in [0.15, 0.2) is 0 Å². The van der Waals surface area contributed by atoms with E-state index in [4.69, 9.17) is 15.0 Å². The fraction of sp³-hybridized carbons (Fsp3) is 0.0588. The van der Waals surface area contributed by atoms with Crippen molar-refractivity contribution in [3.8, 4) is 11.4 Å². The maximum absolute atomic E-state index is 12.5. The molecule has 0 radical (unpaired) electrons. The molecule has 3 aromatic rings. The van der Waals surface area contributed by atoms with Crippen LogP contribution in [-0.4, -0.2) is 24.2 Å². The largest absolute Gasteiger partial charge is 0.854 e. The third kappa shape index (κ3) is 3.18. The summed E-state index contributed by atoms with van der Waals surface area (Å²) >= 11 is 0. The number of nitrogens with two attached hydrogens (primary N) is 1. The molecule has 0 aliphatic carbocycles. The molecule has 1 heterocycles. The minimum absolute atomic E-state index is 0.0619. The number of aromatic amines is 1. The second-order valence-corrected chi connectivity index (χ2v) is 5.16. The molecule has 0 saturated carbocycles. The number of para-hydroxylation sites is 1. The molecule has 0 aliphatic heterocycles. The van der Waals surface area contributed by atoms with E-state index in [9.17, 15) is 14.7 Å². The molecule has 9 nitrogen and oxygen atoms in total. The molecule has 2 aromatic carbocycles. The molecule has 26 heavy (non-hydrogen) atoms. The monoisotopic (exact) mass is 354 g/mol. The van der Waals surface area contributed by atoms with E-state index in [0.717, 1.165) is 4.68 Å². The highest BCUT2D eigenvalue weighted by molar-refractivity contribution is 5.99. The summed E-state index contributed by atoms with van der Waals surface area (Å²) in [4.78, 5) is 27.3. The number of primary amides is 1. The van der Waals surface area contributed by atoms with Crippen molar-refractivity contribution >= 4 is 17.5 Å². The van der Waals surface area contributed by atoms with Gasteiger partial charge in [0.2, 0.25) is 5.69 Å². The number of H-pyrrole nitrogens is 1. The van der Waals surface area contributed by atoms with Crippen LogP contribution in [0.2, 0.25) is 0 Å². The highest BCUT2D eigenvalue weighted by Crippen LogP contribution is 2.18. The second-order valence-electron chi connectivity index (χ2n) is 5.16. The first-order chi connectivity index (χ1) is 12.5. The Morgan fingerprint density at radius 3 is 2.58 bits per heavy atom. The number of carbonyl (C=O) groups excluding carboxylic acids is 1. The van der Waals surface area contributed by atoms with E-state index in [0.29, 0.717) is 11.4 Å². The van der Waals surface area contributed by atoms with E-state index in [-0.39, 0.29) is 16.9 Å². The van der Waals surface area contributed by atoms with Gasteiger partial charge in [0.1, 0.15) is 5.75 Å². The molecule has 132 valence electrons. The SMILES string of the molecule is COc1ccc(-[n+]2[nH]oc(=O)c2C([O-])=Nc2ccccc2C(N)=O)cc1. The maximum atomic E-state index is 12.5. The molecule has 0 bridgehead atoms. The second kappa shape index (κ2) is 6.93. The highest BCUT2D eigenvalue weighted by atomic mass is 16.5. The summed E-state index contributed by atoms with van der Waals surface area (Å²) in [6.07, 6.45) is 0. The van der Waals surface area contributed by atoms with Crippen LogP contribution < -0.4 is 25.9 Å². The summed E-state index contributed by atoms with van der Waals surface area (Å²) in [5, 5.41) is 14.9. The molecule has 0 aliphatic rings. The summed E-state index contributed by atoms with van der Waals surface area (Å²) in [6.45, 7) is 0. The minimum atomic E-state index is -0.897. The number of hydrogen-bond donors (Lipinski definition) is 2. The number of ether oxygens (including phenoxy) is 1. The predicted molar refractivity (Wildman–Crippen MR) is 88.6 cm³/mol. The molecule has 0 fully saturated rings. The Morgan fingerprint density at radius 1 is 1.23 bits per heavy atom. The van der Waals surface area contributed by atoms with Gasteiger partial charge in [0, 0.05) is 12.1 Å². The zero-order chi connectivity index (χ0) is 18.7. The molecule has 0 unspecified atom stereocenters. The van der Waals surface area contributed by atoms with Crippen LogP contribution >= 0.6 is 0 Å². The van der Waals surface area contributed by atoms with E-state index >= 15 is 0 Å². The zero-order valence-electron chi connectivity index (χ0n) is 13.6. The van der Waals surface area contributed by atoms with E-state index < -0.39 is 17.4 Å². The van der Waals surface area contributed by atoms with Gasteiger partial charge in [-0.1, -0.05) is 12.1 Å². The first-order valence-electron chi connectivity index (χ1n) is 7.44. The molecule has 3 N–H and O–H groups in total. The molecule has 0 atom stereocenters. The fourth-order valence-electron chi connectivity index (χ4n) is 2.31. The Hall–Kier alpha value is -3.88. The lowest BCUT2D eigenvalue weighted by Gasteiger charge is -2.06. The summed E-state index contributed by atoms with van der Waals surface area (Å²) in [7, 11) is 1.52. The van der Waals surface area contributed by atoms with Gasteiger partial charge in [-0.2, -0.15) is 0 Å². The molecule has 1 aromatic heterocycles. The third-order valence-electron chi connectivity index (χ3n) is 3.57. The van der Waals surface area contributed by atoms with Gasteiger partial charge >= 0.3 is 11.3 Å². The Balaban J connectivity index is 2.08. The summed E-state index contributed by atoms with van der Waals surface area (Å²) in [5.74, 6) is -1.01. The quantitative estimate of drug-likeness (QED) is 0.371. The number of nitrogens with one attached hydrogen (secondary N) is 1. The van der Waals surface area contributed by atoms with Crippen molar-refractivity contribution in [2.75, 3.05) is 7.11 Å². The van der Waals surface area contributed by atoms with Gasteiger partial charge in [0.05, 0.1) is 24.3 Å². The van der Waals surface area contributed by atoms with Gasteiger partial charge in [-0.15, -0.1) is 0 Å². The van der Waals surface area contributed by atoms with E-state index in [1.54, 1.807) is 36.4 Å². The molecule has 1 amide bonds. The number of methoxy groups -OCH3 is 1. The van der Waals surface area contributed by atoms with Gasteiger partial charge in [0.25, 0.3) is 5.91 Å². The Bertz CT molecular complexity index is 1030. The smallest absolute Gasteiger partial charge is 0.436 e. The van der Waals surface area contributed by atoms with Crippen LogP contribution in [0, 0.1) is 0 Å². The normalized spacial score (nSPS) is 11.3. The van der Waals surface area contributed by atoms with E-state index in [1.165, 1.54) is 19.2 Å². The molecule has 3 rings (SSSR count). The van der Waals surface area contributed by atoms with Crippen molar-refractivity contribution in [2.45, 2.75) is 0 Å². The van der Waals surface area contributed by atoms with Crippen molar-refractivity contribution in [3.63, 3.8) is 0 Å².